The topological polar surface area (TPSA) is 131 Å². The van der Waals surface area contributed by atoms with Gasteiger partial charge >= 0.3 is 0 Å². The van der Waals surface area contributed by atoms with Crippen molar-refractivity contribution in [1.82, 2.24) is 19.5 Å². The van der Waals surface area contributed by atoms with Gasteiger partial charge in [-0.05, 0) is 60.2 Å². The summed E-state index contributed by atoms with van der Waals surface area (Å²) < 4.78 is 30.5. The highest BCUT2D eigenvalue weighted by atomic mass is 32.2. The molecule has 2 aromatic heterocycles. The Hall–Kier alpha value is -4.97. The number of benzene rings is 3. The van der Waals surface area contributed by atoms with E-state index in [1.165, 1.54) is 6.26 Å². The first kappa shape index (κ1) is 27.6. The Morgan fingerprint density at radius 1 is 1.00 bits per heavy atom. The summed E-state index contributed by atoms with van der Waals surface area (Å²) in [5, 5.41) is 6.08. The number of nitrogens with one attached hydrogen (secondary N) is 2. The number of anilines is 4. The van der Waals surface area contributed by atoms with Crippen molar-refractivity contribution in [3.63, 3.8) is 0 Å². The number of rotatable bonds is 10. The largest absolute Gasteiger partial charge is 0.497 e. The minimum absolute atomic E-state index is 0.0532. The number of sulfone groups is 1. The maximum absolute atomic E-state index is 13.0. The van der Waals surface area contributed by atoms with Gasteiger partial charge in [0, 0.05) is 30.8 Å². The lowest BCUT2D eigenvalue weighted by molar-refractivity contribution is 0.102. The van der Waals surface area contributed by atoms with Gasteiger partial charge in [-0.3, -0.25) is 14.7 Å². The average molecular weight is 572 g/mol. The maximum Gasteiger partial charge on any atom is 0.257 e. The predicted octanol–water partition coefficient (Wildman–Crippen LogP) is 4.47. The molecule has 0 fully saturated rings. The number of hydrogen-bond donors (Lipinski definition) is 2. The first-order valence-electron chi connectivity index (χ1n) is 12.7. The molecule has 0 radical (unpaired) electrons. The molecule has 5 rings (SSSR count). The van der Waals surface area contributed by atoms with Gasteiger partial charge in [0.1, 0.15) is 11.6 Å². The van der Waals surface area contributed by atoms with Crippen LogP contribution in [0.2, 0.25) is 0 Å². The molecular formula is C29H29N7O4S. The Morgan fingerprint density at radius 2 is 1.78 bits per heavy atom. The van der Waals surface area contributed by atoms with E-state index in [0.717, 1.165) is 11.0 Å². The van der Waals surface area contributed by atoms with E-state index in [1.807, 2.05) is 46.8 Å². The number of imidazole rings is 1. The zero-order valence-corrected chi connectivity index (χ0v) is 23.6. The van der Waals surface area contributed by atoms with Crippen molar-refractivity contribution < 1.29 is 17.9 Å². The number of para-hydroxylation sites is 2. The molecule has 0 aliphatic heterocycles. The molecule has 5 aromatic rings. The third-order valence-electron chi connectivity index (χ3n) is 6.23. The molecule has 12 heteroatoms. The van der Waals surface area contributed by atoms with Gasteiger partial charge in [-0.1, -0.05) is 24.3 Å². The molecule has 0 unspecified atom stereocenters. The molecule has 210 valence electrons. The van der Waals surface area contributed by atoms with Gasteiger partial charge in [-0.2, -0.15) is 4.98 Å². The number of carbonyl (C=O) groups excluding carboxylic acids is 1. The van der Waals surface area contributed by atoms with Crippen molar-refractivity contribution in [2.24, 2.45) is 0 Å². The van der Waals surface area contributed by atoms with Gasteiger partial charge in [0.05, 0.1) is 30.6 Å². The molecule has 0 aliphatic carbocycles. The van der Waals surface area contributed by atoms with Crippen LogP contribution in [0.5, 0.6) is 5.75 Å². The molecule has 0 atom stereocenters. The second kappa shape index (κ2) is 11.6. The van der Waals surface area contributed by atoms with E-state index >= 15 is 0 Å². The fraction of sp³-hybridized carbons (Fsp3) is 0.172. The summed E-state index contributed by atoms with van der Waals surface area (Å²) in [6.07, 6.45) is 2.84. The quantitative estimate of drug-likeness (QED) is 0.249. The summed E-state index contributed by atoms with van der Waals surface area (Å²) in [5.41, 5.74) is 3.41. The van der Waals surface area contributed by atoms with Crippen LogP contribution in [0.25, 0.3) is 11.0 Å². The van der Waals surface area contributed by atoms with Crippen LogP contribution < -0.4 is 20.3 Å². The summed E-state index contributed by atoms with van der Waals surface area (Å²) >= 11 is 0. The smallest absolute Gasteiger partial charge is 0.257 e. The van der Waals surface area contributed by atoms with Crippen molar-refractivity contribution in [3.8, 4) is 5.75 Å². The molecule has 0 bridgehead atoms. The van der Waals surface area contributed by atoms with Crippen molar-refractivity contribution in [2.75, 3.05) is 35.9 Å². The van der Waals surface area contributed by atoms with Crippen LogP contribution in [-0.4, -0.2) is 54.3 Å². The number of carbonyl (C=O) groups is 1. The van der Waals surface area contributed by atoms with Gasteiger partial charge in [0.15, 0.2) is 9.84 Å². The molecule has 41 heavy (non-hydrogen) atoms. The Balaban J connectivity index is 1.37. The zero-order chi connectivity index (χ0) is 29.0. The minimum Gasteiger partial charge on any atom is -0.497 e. The van der Waals surface area contributed by atoms with Crippen LogP contribution in [0.15, 0.2) is 85.1 Å². The Kier molecular flexibility index (Phi) is 7.83. The van der Waals surface area contributed by atoms with E-state index in [2.05, 4.69) is 25.6 Å². The maximum atomic E-state index is 13.0. The van der Waals surface area contributed by atoms with Crippen molar-refractivity contribution >= 4 is 50.2 Å². The highest BCUT2D eigenvalue weighted by Crippen LogP contribution is 2.23. The number of amides is 1. The number of nitrogens with zero attached hydrogens (tertiary/aromatic N) is 5. The third-order valence-corrected chi connectivity index (χ3v) is 7.09. The van der Waals surface area contributed by atoms with Crippen LogP contribution in [0.3, 0.4) is 0 Å². The van der Waals surface area contributed by atoms with Crippen molar-refractivity contribution in [1.29, 1.82) is 0 Å². The Morgan fingerprint density at radius 3 is 2.54 bits per heavy atom. The van der Waals surface area contributed by atoms with E-state index in [-0.39, 0.29) is 11.7 Å². The summed E-state index contributed by atoms with van der Waals surface area (Å²) in [6, 6.07) is 23.4. The SMILES string of the molecule is COc1ccc(C(=O)Nc2nc3ccccc3n2CN(C)c2ccnc(Nc3cccc(CS(C)(=O)=O)c3)n2)cc1. The molecule has 11 nitrogen and oxygen atoms in total. The molecule has 1 amide bonds. The van der Waals surface area contributed by atoms with Crippen LogP contribution >= 0.6 is 0 Å². The Labute approximate surface area is 237 Å². The Bertz CT molecular complexity index is 1800. The molecular weight excluding hydrogens is 542 g/mol. The fourth-order valence-electron chi connectivity index (χ4n) is 4.31. The number of fused-ring (bicyclic) bond motifs is 1. The molecule has 3 aromatic carbocycles. The lowest BCUT2D eigenvalue weighted by Crippen LogP contribution is -2.25. The molecule has 2 heterocycles. The number of methoxy groups -OCH3 is 1. The summed E-state index contributed by atoms with van der Waals surface area (Å²) in [4.78, 5) is 28.6. The second-order valence-corrected chi connectivity index (χ2v) is 11.6. The van der Waals surface area contributed by atoms with Crippen molar-refractivity contribution in [2.45, 2.75) is 12.4 Å². The van der Waals surface area contributed by atoms with Crippen LogP contribution in [0.4, 0.5) is 23.4 Å². The lowest BCUT2D eigenvalue weighted by Gasteiger charge is -2.21. The van der Waals surface area contributed by atoms with E-state index in [0.29, 0.717) is 46.9 Å². The molecule has 2 N–H and O–H groups in total. The fourth-order valence-corrected chi connectivity index (χ4v) is 5.09. The van der Waals surface area contributed by atoms with Crippen LogP contribution in [0.1, 0.15) is 15.9 Å². The molecule has 0 spiro atoms. The standard InChI is InChI=1S/C29H29N7O4S/c1-35(26-15-16-30-28(33-26)31-22-8-6-7-20(17-22)18-41(3,38)39)19-36-25-10-5-4-9-24(25)32-29(36)34-27(37)21-11-13-23(40-2)14-12-21/h4-17H,18-19H2,1-3H3,(H,30,31,33)(H,32,34,37). The van der Waals surface area contributed by atoms with Gasteiger partial charge < -0.3 is 15.0 Å². The molecule has 0 saturated heterocycles. The van der Waals surface area contributed by atoms with Gasteiger partial charge in [0.2, 0.25) is 11.9 Å². The zero-order valence-electron chi connectivity index (χ0n) is 22.8. The minimum atomic E-state index is -3.16. The third kappa shape index (κ3) is 6.79. The normalized spacial score (nSPS) is 11.3. The van der Waals surface area contributed by atoms with Gasteiger partial charge in [0.25, 0.3) is 5.91 Å². The molecule has 0 aliphatic rings. The van der Waals surface area contributed by atoms with E-state index in [1.54, 1.807) is 61.8 Å². The van der Waals surface area contributed by atoms with E-state index in [9.17, 15) is 13.2 Å². The van der Waals surface area contributed by atoms with E-state index < -0.39 is 9.84 Å². The monoisotopic (exact) mass is 571 g/mol. The van der Waals surface area contributed by atoms with E-state index in [4.69, 9.17) is 4.74 Å². The summed E-state index contributed by atoms with van der Waals surface area (Å²) in [5.74, 6) is 1.69. The average Bonchev–Trinajstić information content (AvgIpc) is 3.29. The second-order valence-electron chi connectivity index (χ2n) is 9.51. The van der Waals surface area contributed by atoms with Crippen LogP contribution in [0, 0.1) is 0 Å². The van der Waals surface area contributed by atoms with Crippen molar-refractivity contribution in [3.05, 3.63) is 96.2 Å². The lowest BCUT2D eigenvalue weighted by atomic mass is 10.2. The number of ether oxygens (including phenoxy) is 1. The first-order chi connectivity index (χ1) is 19.7. The van der Waals surface area contributed by atoms with Crippen LogP contribution in [-0.2, 0) is 22.3 Å². The van der Waals surface area contributed by atoms with Gasteiger partial charge in [-0.25, -0.2) is 18.4 Å². The van der Waals surface area contributed by atoms with Gasteiger partial charge in [-0.15, -0.1) is 0 Å². The highest BCUT2D eigenvalue weighted by Gasteiger charge is 2.17. The number of aromatic nitrogens is 4. The summed E-state index contributed by atoms with van der Waals surface area (Å²) in [7, 11) is 0.291. The first-order valence-corrected chi connectivity index (χ1v) is 14.7. The molecule has 0 saturated carbocycles. The predicted molar refractivity (Wildman–Crippen MR) is 159 cm³/mol. The highest BCUT2D eigenvalue weighted by molar-refractivity contribution is 7.89. The number of hydrogen-bond acceptors (Lipinski definition) is 9. The summed E-state index contributed by atoms with van der Waals surface area (Å²) in [6.45, 7) is 0.332.